The standard InChI is InChI=1S/C4H10O3.Al.Na.H/c1-4(5,6-2)7-3;;;/h5H,1-3H3;;;/q;;+1;-1. The predicted octanol–water partition coefficient (Wildman–Crippen LogP) is -3.32. The zero-order chi connectivity index (χ0) is 5.91. The molecule has 49 valence electrons. The van der Waals surface area contributed by atoms with Gasteiger partial charge in [0, 0.05) is 38.5 Å². The van der Waals surface area contributed by atoms with E-state index in [9.17, 15) is 0 Å². The van der Waals surface area contributed by atoms with Crippen molar-refractivity contribution in [2.24, 2.45) is 0 Å². The molecule has 0 aromatic carbocycles. The summed E-state index contributed by atoms with van der Waals surface area (Å²) in [5, 5.41) is 8.69. The fourth-order valence-electron chi connectivity index (χ4n) is 0.0833. The first-order chi connectivity index (χ1) is 3.12. The summed E-state index contributed by atoms with van der Waals surface area (Å²) in [7, 11) is 2.73. The maximum Gasteiger partial charge on any atom is 1.00 e. The molecule has 0 saturated heterocycles. The number of hydrogen-bond donors (Lipinski definition) is 1. The van der Waals surface area contributed by atoms with Crippen molar-refractivity contribution in [3.63, 3.8) is 0 Å². The topological polar surface area (TPSA) is 38.7 Å². The fraction of sp³-hybridized carbons (Fsp3) is 1.00. The van der Waals surface area contributed by atoms with Gasteiger partial charge >= 0.3 is 29.6 Å². The van der Waals surface area contributed by atoms with Crippen molar-refractivity contribution in [2.75, 3.05) is 14.2 Å². The van der Waals surface area contributed by atoms with Crippen molar-refractivity contribution in [3.05, 3.63) is 0 Å². The number of aliphatic hydroxyl groups is 1. The van der Waals surface area contributed by atoms with Gasteiger partial charge in [-0.15, -0.1) is 0 Å². The maximum atomic E-state index is 8.69. The minimum absolute atomic E-state index is 0. The molecule has 0 aliphatic carbocycles. The average molecular weight is 157 g/mol. The van der Waals surface area contributed by atoms with Gasteiger partial charge < -0.3 is 16.0 Å². The summed E-state index contributed by atoms with van der Waals surface area (Å²) in [6.45, 7) is 1.41. The summed E-state index contributed by atoms with van der Waals surface area (Å²) in [6, 6.07) is 0. The van der Waals surface area contributed by atoms with Crippen molar-refractivity contribution >= 4 is 17.4 Å². The van der Waals surface area contributed by atoms with Crippen LogP contribution in [0.1, 0.15) is 8.35 Å². The molecule has 0 bridgehead atoms. The van der Waals surface area contributed by atoms with E-state index in [4.69, 9.17) is 5.11 Å². The summed E-state index contributed by atoms with van der Waals surface area (Å²) in [4.78, 5) is 0. The van der Waals surface area contributed by atoms with Gasteiger partial charge in [0.05, 0.1) is 0 Å². The van der Waals surface area contributed by atoms with E-state index in [0.717, 1.165) is 0 Å². The predicted molar refractivity (Wildman–Crippen MR) is 31.5 cm³/mol. The molecule has 0 spiro atoms. The average Bonchev–Trinajstić information content (AvgIpc) is 1.68. The van der Waals surface area contributed by atoms with Gasteiger partial charge in [0.2, 0.25) is 0 Å². The summed E-state index contributed by atoms with van der Waals surface area (Å²) < 4.78 is 8.84. The molecule has 5 heteroatoms. The number of ether oxygens (including phenoxy) is 2. The van der Waals surface area contributed by atoms with Crippen LogP contribution in [-0.4, -0.2) is 42.7 Å². The minimum atomic E-state index is -1.42. The zero-order valence-corrected chi connectivity index (χ0v) is 9.50. The Balaban J connectivity index is -0.0000000600. The summed E-state index contributed by atoms with van der Waals surface area (Å²) in [5.74, 6) is -1.42. The molecular formula is C4H11AlNaO3. The third kappa shape index (κ3) is 9.41. The van der Waals surface area contributed by atoms with E-state index in [2.05, 4.69) is 9.47 Å². The van der Waals surface area contributed by atoms with E-state index in [1.165, 1.54) is 21.1 Å². The van der Waals surface area contributed by atoms with Gasteiger partial charge in [0.15, 0.2) is 0 Å². The van der Waals surface area contributed by atoms with E-state index >= 15 is 0 Å². The Morgan fingerprint density at radius 1 is 1.33 bits per heavy atom. The van der Waals surface area contributed by atoms with Crippen LogP contribution in [0, 0.1) is 0 Å². The summed E-state index contributed by atoms with van der Waals surface area (Å²) >= 11 is 0. The van der Waals surface area contributed by atoms with Crippen LogP contribution in [0.2, 0.25) is 0 Å². The molecule has 1 N–H and O–H groups in total. The Kier molecular flexibility index (Phi) is 14.0. The Bertz CT molecular complexity index is 58.5. The third-order valence-electron chi connectivity index (χ3n) is 0.757. The molecule has 9 heavy (non-hydrogen) atoms. The largest absolute Gasteiger partial charge is 1.00 e. The van der Waals surface area contributed by atoms with Crippen molar-refractivity contribution < 1.29 is 45.6 Å². The molecule has 0 heterocycles. The third-order valence-corrected chi connectivity index (χ3v) is 0.757. The molecule has 0 saturated carbocycles. The van der Waals surface area contributed by atoms with E-state index in [0.29, 0.717) is 0 Å². The molecule has 3 nitrogen and oxygen atoms in total. The van der Waals surface area contributed by atoms with Gasteiger partial charge in [0.1, 0.15) is 0 Å². The van der Waals surface area contributed by atoms with Crippen LogP contribution in [0.15, 0.2) is 0 Å². The molecule has 0 atom stereocenters. The van der Waals surface area contributed by atoms with Crippen molar-refractivity contribution in [1.29, 1.82) is 0 Å². The van der Waals surface area contributed by atoms with Crippen molar-refractivity contribution in [2.45, 2.75) is 12.9 Å². The monoisotopic (exact) mass is 157 g/mol. The Morgan fingerprint density at radius 3 is 1.56 bits per heavy atom. The molecule has 0 unspecified atom stereocenters. The zero-order valence-electron chi connectivity index (χ0n) is 7.34. The van der Waals surface area contributed by atoms with Crippen LogP contribution in [-0.2, 0) is 9.47 Å². The first kappa shape index (κ1) is 16.8. The molecule has 0 fully saturated rings. The molecule has 0 amide bonds. The van der Waals surface area contributed by atoms with Crippen LogP contribution in [0.4, 0.5) is 0 Å². The van der Waals surface area contributed by atoms with Gasteiger partial charge in [-0.25, -0.2) is 0 Å². The quantitative estimate of drug-likeness (QED) is 0.337. The maximum absolute atomic E-state index is 8.69. The van der Waals surface area contributed by atoms with Crippen LogP contribution < -0.4 is 29.6 Å². The number of methoxy groups -OCH3 is 2. The fourth-order valence-corrected chi connectivity index (χ4v) is 0.0833. The van der Waals surface area contributed by atoms with Crippen LogP contribution in [0.25, 0.3) is 0 Å². The Morgan fingerprint density at radius 2 is 1.56 bits per heavy atom. The normalized spacial score (nSPS) is 9.33. The van der Waals surface area contributed by atoms with Gasteiger partial charge in [0.25, 0.3) is 5.97 Å². The minimum Gasteiger partial charge on any atom is -1.00 e. The van der Waals surface area contributed by atoms with Crippen LogP contribution in [0.5, 0.6) is 0 Å². The van der Waals surface area contributed by atoms with Crippen molar-refractivity contribution in [1.82, 2.24) is 0 Å². The second-order valence-corrected chi connectivity index (χ2v) is 1.31. The van der Waals surface area contributed by atoms with Gasteiger partial charge in [-0.3, -0.25) is 0 Å². The Labute approximate surface area is 89.6 Å². The molecule has 3 radical (unpaired) electrons. The molecule has 0 rings (SSSR count). The Hall–Kier alpha value is 1.41. The second-order valence-electron chi connectivity index (χ2n) is 1.31. The SMILES string of the molecule is COC(C)(O)OC.[Al].[H-].[Na+]. The summed E-state index contributed by atoms with van der Waals surface area (Å²) in [6.07, 6.45) is 0. The van der Waals surface area contributed by atoms with Crippen LogP contribution >= 0.6 is 0 Å². The molecular weight excluding hydrogens is 146 g/mol. The first-order valence-corrected chi connectivity index (χ1v) is 1.95. The smallest absolute Gasteiger partial charge is 1.00 e. The van der Waals surface area contributed by atoms with E-state index < -0.39 is 5.97 Å². The van der Waals surface area contributed by atoms with Gasteiger partial charge in [-0.1, -0.05) is 0 Å². The van der Waals surface area contributed by atoms with Crippen molar-refractivity contribution in [3.8, 4) is 0 Å². The van der Waals surface area contributed by atoms with E-state index in [-0.39, 0.29) is 48.3 Å². The molecule has 0 aromatic heterocycles. The first-order valence-electron chi connectivity index (χ1n) is 1.95. The molecule has 0 aliphatic rings. The van der Waals surface area contributed by atoms with E-state index in [1.54, 1.807) is 0 Å². The van der Waals surface area contributed by atoms with Gasteiger partial charge in [-0.05, 0) is 0 Å². The summed E-state index contributed by atoms with van der Waals surface area (Å²) in [5.41, 5.74) is 0. The number of rotatable bonds is 2. The van der Waals surface area contributed by atoms with E-state index in [1.807, 2.05) is 0 Å². The van der Waals surface area contributed by atoms with Gasteiger partial charge in [-0.2, -0.15) is 0 Å². The molecule has 0 aliphatic heterocycles. The second kappa shape index (κ2) is 7.52. The van der Waals surface area contributed by atoms with Crippen LogP contribution in [0.3, 0.4) is 0 Å². The number of hydrogen-bond acceptors (Lipinski definition) is 3. The molecule has 0 aromatic rings.